The molecule has 1 aliphatic rings. The Balaban J connectivity index is 1.67. The van der Waals surface area contributed by atoms with Gasteiger partial charge in [0.25, 0.3) is 5.91 Å². The van der Waals surface area contributed by atoms with Crippen LogP contribution in [0.4, 0.5) is 0 Å². The molecule has 0 fully saturated rings. The molecule has 1 N–H and O–H groups in total. The van der Waals surface area contributed by atoms with E-state index in [1.54, 1.807) is 12.1 Å². The molecule has 27 heavy (non-hydrogen) atoms. The molecule has 4 nitrogen and oxygen atoms in total. The van der Waals surface area contributed by atoms with Gasteiger partial charge in [0.2, 0.25) is 0 Å². The van der Waals surface area contributed by atoms with E-state index in [0.29, 0.717) is 24.5 Å². The molecular weight excluding hydrogens is 406 g/mol. The van der Waals surface area contributed by atoms with E-state index < -0.39 is 0 Å². The van der Waals surface area contributed by atoms with Crippen LogP contribution in [0.5, 0.6) is 11.5 Å². The number of halogens is 1. The third kappa shape index (κ3) is 3.98. The third-order valence-electron chi connectivity index (χ3n) is 4.41. The Hall–Kier alpha value is -2.79. The van der Waals surface area contributed by atoms with Crippen LogP contribution in [0.15, 0.2) is 77.3 Å². The van der Waals surface area contributed by atoms with Crippen LogP contribution < -0.4 is 14.8 Å². The van der Waals surface area contributed by atoms with Crippen molar-refractivity contribution in [2.75, 3.05) is 13.2 Å². The normalized spacial score (nSPS) is 13.7. The number of carbonyl (C=O) groups is 1. The summed E-state index contributed by atoms with van der Waals surface area (Å²) in [7, 11) is 0. The van der Waals surface area contributed by atoms with E-state index in [1.807, 2.05) is 60.7 Å². The highest BCUT2D eigenvalue weighted by Crippen LogP contribution is 2.34. The summed E-state index contributed by atoms with van der Waals surface area (Å²) in [4.78, 5) is 12.8. The Morgan fingerprint density at radius 3 is 2.30 bits per heavy atom. The zero-order valence-electron chi connectivity index (χ0n) is 14.5. The molecule has 1 atom stereocenters. The minimum atomic E-state index is -0.293. The molecule has 3 aromatic rings. The van der Waals surface area contributed by atoms with E-state index in [0.717, 1.165) is 21.3 Å². The van der Waals surface area contributed by atoms with Gasteiger partial charge in [-0.05, 0) is 47.5 Å². The van der Waals surface area contributed by atoms with E-state index in [9.17, 15) is 4.79 Å². The fourth-order valence-electron chi connectivity index (χ4n) is 3.06. The molecular formula is C22H18BrNO3. The van der Waals surface area contributed by atoms with Gasteiger partial charge in [-0.25, -0.2) is 0 Å². The highest BCUT2D eigenvalue weighted by atomic mass is 79.9. The van der Waals surface area contributed by atoms with Crippen LogP contribution >= 0.6 is 15.9 Å². The smallest absolute Gasteiger partial charge is 0.252 e. The Morgan fingerprint density at radius 1 is 0.852 bits per heavy atom. The first-order chi connectivity index (χ1) is 13.2. The lowest BCUT2D eigenvalue weighted by molar-refractivity contribution is 0.0943. The number of hydrogen-bond acceptors (Lipinski definition) is 3. The van der Waals surface area contributed by atoms with Crippen molar-refractivity contribution in [2.45, 2.75) is 6.04 Å². The van der Waals surface area contributed by atoms with E-state index in [2.05, 4.69) is 21.2 Å². The van der Waals surface area contributed by atoms with Crippen molar-refractivity contribution in [1.82, 2.24) is 5.32 Å². The second-order valence-electron chi connectivity index (χ2n) is 6.23. The summed E-state index contributed by atoms with van der Waals surface area (Å²) in [5.41, 5.74) is 2.55. The molecule has 3 aromatic carbocycles. The fraction of sp³-hybridized carbons (Fsp3) is 0.136. The summed E-state index contributed by atoms with van der Waals surface area (Å²) in [6.07, 6.45) is 0. The molecule has 1 amide bonds. The largest absolute Gasteiger partial charge is 0.486 e. The average Bonchev–Trinajstić information content (AvgIpc) is 2.72. The van der Waals surface area contributed by atoms with Gasteiger partial charge in [0.15, 0.2) is 11.5 Å². The van der Waals surface area contributed by atoms with Crippen LogP contribution in [0, 0.1) is 0 Å². The van der Waals surface area contributed by atoms with E-state index >= 15 is 0 Å². The molecule has 1 aliphatic heterocycles. The van der Waals surface area contributed by atoms with Gasteiger partial charge in [-0.2, -0.15) is 0 Å². The van der Waals surface area contributed by atoms with Crippen molar-refractivity contribution in [3.8, 4) is 11.5 Å². The number of fused-ring (bicyclic) bond motifs is 1. The maximum Gasteiger partial charge on any atom is 0.252 e. The van der Waals surface area contributed by atoms with Gasteiger partial charge >= 0.3 is 0 Å². The summed E-state index contributed by atoms with van der Waals surface area (Å²) in [5.74, 6) is 1.31. The molecule has 0 aromatic heterocycles. The number of ether oxygens (including phenoxy) is 2. The Bertz CT molecular complexity index is 942. The molecule has 4 rings (SSSR count). The highest BCUT2D eigenvalue weighted by Gasteiger charge is 2.21. The molecule has 0 spiro atoms. The van der Waals surface area contributed by atoms with E-state index in [-0.39, 0.29) is 11.9 Å². The van der Waals surface area contributed by atoms with Gasteiger partial charge in [-0.3, -0.25) is 4.79 Å². The molecule has 0 bridgehead atoms. The topological polar surface area (TPSA) is 47.6 Å². The summed E-state index contributed by atoms with van der Waals surface area (Å²) in [6, 6.07) is 22.7. The molecule has 0 saturated carbocycles. The Labute approximate surface area is 166 Å². The number of carbonyl (C=O) groups excluding carboxylic acids is 1. The summed E-state index contributed by atoms with van der Waals surface area (Å²) in [5, 5.41) is 3.14. The minimum absolute atomic E-state index is 0.133. The first kappa shape index (κ1) is 17.6. The maximum absolute atomic E-state index is 12.8. The van der Waals surface area contributed by atoms with Crippen LogP contribution in [0.3, 0.4) is 0 Å². The summed E-state index contributed by atoms with van der Waals surface area (Å²) < 4.78 is 12.3. The number of benzene rings is 3. The van der Waals surface area contributed by atoms with Gasteiger partial charge in [0.1, 0.15) is 13.2 Å². The third-order valence-corrected chi connectivity index (χ3v) is 4.94. The van der Waals surface area contributed by atoms with Crippen molar-refractivity contribution in [2.24, 2.45) is 0 Å². The Kier molecular flexibility index (Phi) is 5.12. The van der Waals surface area contributed by atoms with Crippen molar-refractivity contribution in [3.05, 3.63) is 94.0 Å². The quantitative estimate of drug-likeness (QED) is 0.658. The summed E-state index contributed by atoms with van der Waals surface area (Å²) in [6.45, 7) is 1.08. The average molecular weight is 424 g/mol. The van der Waals surface area contributed by atoms with Crippen LogP contribution in [0.1, 0.15) is 27.5 Å². The molecule has 1 unspecified atom stereocenters. The lowest BCUT2D eigenvalue weighted by Gasteiger charge is -2.23. The van der Waals surface area contributed by atoms with Crippen molar-refractivity contribution >= 4 is 21.8 Å². The minimum Gasteiger partial charge on any atom is -0.486 e. The molecule has 0 saturated heterocycles. The molecule has 5 heteroatoms. The van der Waals surface area contributed by atoms with Crippen LogP contribution in [-0.2, 0) is 0 Å². The molecule has 0 radical (unpaired) electrons. The van der Waals surface area contributed by atoms with Gasteiger partial charge in [-0.1, -0.05) is 52.3 Å². The van der Waals surface area contributed by atoms with Gasteiger partial charge < -0.3 is 14.8 Å². The van der Waals surface area contributed by atoms with Crippen molar-refractivity contribution in [1.29, 1.82) is 0 Å². The zero-order valence-corrected chi connectivity index (χ0v) is 16.1. The maximum atomic E-state index is 12.8. The number of hydrogen-bond donors (Lipinski definition) is 1. The van der Waals surface area contributed by atoms with Gasteiger partial charge in [0, 0.05) is 10.0 Å². The predicted molar refractivity (Wildman–Crippen MR) is 107 cm³/mol. The Morgan fingerprint density at radius 2 is 1.56 bits per heavy atom. The van der Waals surface area contributed by atoms with E-state index in [4.69, 9.17) is 9.47 Å². The van der Waals surface area contributed by atoms with Gasteiger partial charge in [-0.15, -0.1) is 0 Å². The first-order valence-electron chi connectivity index (χ1n) is 8.71. The molecule has 0 aliphatic carbocycles. The number of rotatable bonds is 4. The predicted octanol–water partition coefficient (Wildman–Crippen LogP) is 4.74. The van der Waals surface area contributed by atoms with E-state index in [1.165, 1.54) is 0 Å². The summed E-state index contributed by atoms with van der Waals surface area (Å²) >= 11 is 3.40. The lowest BCUT2D eigenvalue weighted by Crippen LogP contribution is -2.29. The highest BCUT2D eigenvalue weighted by molar-refractivity contribution is 9.10. The molecule has 136 valence electrons. The van der Waals surface area contributed by atoms with Crippen molar-refractivity contribution < 1.29 is 14.3 Å². The second kappa shape index (κ2) is 7.84. The fourth-order valence-corrected chi connectivity index (χ4v) is 3.32. The van der Waals surface area contributed by atoms with Crippen LogP contribution in [0.25, 0.3) is 0 Å². The van der Waals surface area contributed by atoms with Crippen LogP contribution in [0.2, 0.25) is 0 Å². The monoisotopic (exact) mass is 423 g/mol. The second-order valence-corrected chi connectivity index (χ2v) is 7.14. The number of amides is 1. The van der Waals surface area contributed by atoms with Crippen molar-refractivity contribution in [3.63, 3.8) is 0 Å². The lowest BCUT2D eigenvalue weighted by atomic mass is 9.97. The number of nitrogens with one attached hydrogen (secondary N) is 1. The first-order valence-corrected chi connectivity index (χ1v) is 9.51. The molecule has 1 heterocycles. The standard InChI is InChI=1S/C22H18BrNO3/c23-18-9-6-16(7-10-18)22(25)24-21(15-4-2-1-3-5-15)17-8-11-19-20(14-17)27-13-12-26-19/h1-11,14,21H,12-13H2,(H,24,25). The SMILES string of the molecule is O=C(NC(c1ccccc1)c1ccc2c(c1)OCCO2)c1ccc(Br)cc1. The van der Waals surface area contributed by atoms with Crippen LogP contribution in [-0.4, -0.2) is 19.1 Å². The van der Waals surface area contributed by atoms with Gasteiger partial charge in [0.05, 0.1) is 6.04 Å². The zero-order chi connectivity index (χ0) is 18.6.